The van der Waals surface area contributed by atoms with Crippen molar-refractivity contribution in [2.75, 3.05) is 5.32 Å². The van der Waals surface area contributed by atoms with E-state index in [0.29, 0.717) is 5.82 Å². The number of phenolic OH excluding ortho intramolecular Hbond substituents is 1. The molecule has 1 heterocycles. The van der Waals surface area contributed by atoms with Gasteiger partial charge in [0.2, 0.25) is 0 Å². The number of aryl methyl sites for hydroxylation is 1. The topological polar surface area (TPSA) is 67.2 Å². The number of aromatic hydroxyl groups is 1. The normalized spacial score (nSPS) is 10.4. The minimum atomic E-state index is -0.374. The lowest BCUT2D eigenvalue weighted by Gasteiger charge is -2.06. The number of nitrogens with one attached hydrogen (secondary N) is 1. The smallest absolute Gasteiger partial charge is 0.260 e. The largest absolute Gasteiger partial charge is 0.507 e. The van der Waals surface area contributed by atoms with Gasteiger partial charge in [-0.15, -0.1) is 0 Å². The van der Waals surface area contributed by atoms with Gasteiger partial charge in [0, 0.05) is 18.7 Å². The van der Waals surface area contributed by atoms with E-state index in [0.717, 1.165) is 11.3 Å². The average molecular weight is 293 g/mol. The molecule has 0 aliphatic carbocycles. The number of carbonyl (C=O) groups is 1. The Morgan fingerprint density at radius 3 is 2.50 bits per heavy atom. The number of anilines is 1. The Hall–Kier alpha value is -3.08. The first-order valence-electron chi connectivity index (χ1n) is 6.84. The monoisotopic (exact) mass is 293 g/mol. The number of nitrogens with zero attached hydrogens (tertiary/aromatic N) is 2. The number of rotatable bonds is 3. The maximum absolute atomic E-state index is 12.2. The fourth-order valence-electron chi connectivity index (χ4n) is 2.18. The number of para-hydroxylation sites is 1. The Morgan fingerprint density at radius 1 is 1.09 bits per heavy atom. The summed E-state index contributed by atoms with van der Waals surface area (Å²) in [5.41, 5.74) is 1.97. The van der Waals surface area contributed by atoms with Gasteiger partial charge in [-0.2, -0.15) is 5.10 Å². The lowest BCUT2D eigenvalue weighted by Crippen LogP contribution is -2.14. The van der Waals surface area contributed by atoms with Gasteiger partial charge in [0.15, 0.2) is 0 Å². The van der Waals surface area contributed by atoms with E-state index in [9.17, 15) is 9.90 Å². The highest BCUT2D eigenvalue weighted by Gasteiger charge is 2.14. The Bertz CT molecular complexity index is 810. The summed E-state index contributed by atoms with van der Waals surface area (Å²) < 4.78 is 1.60. The summed E-state index contributed by atoms with van der Waals surface area (Å²) in [4.78, 5) is 12.2. The highest BCUT2D eigenvalue weighted by Crippen LogP contribution is 2.22. The Kier molecular flexibility index (Phi) is 3.62. The zero-order valence-electron chi connectivity index (χ0n) is 12.0. The molecule has 1 amide bonds. The van der Waals surface area contributed by atoms with Crippen LogP contribution in [-0.4, -0.2) is 20.8 Å². The van der Waals surface area contributed by atoms with Crippen LogP contribution < -0.4 is 5.32 Å². The molecule has 0 fully saturated rings. The molecule has 0 saturated carbocycles. The third-order valence-corrected chi connectivity index (χ3v) is 3.34. The van der Waals surface area contributed by atoms with Crippen molar-refractivity contribution in [3.8, 4) is 17.0 Å². The van der Waals surface area contributed by atoms with Crippen LogP contribution in [0.2, 0.25) is 0 Å². The van der Waals surface area contributed by atoms with Crippen LogP contribution in [0.3, 0.4) is 0 Å². The number of benzene rings is 2. The first-order valence-corrected chi connectivity index (χ1v) is 6.84. The van der Waals surface area contributed by atoms with Crippen molar-refractivity contribution < 1.29 is 9.90 Å². The van der Waals surface area contributed by atoms with E-state index in [4.69, 9.17) is 0 Å². The van der Waals surface area contributed by atoms with Gasteiger partial charge in [0.1, 0.15) is 11.6 Å². The first kappa shape index (κ1) is 13.9. The molecule has 2 aromatic carbocycles. The Labute approximate surface area is 127 Å². The second-order valence-corrected chi connectivity index (χ2v) is 4.88. The molecule has 1 aromatic heterocycles. The molecule has 0 aliphatic rings. The summed E-state index contributed by atoms with van der Waals surface area (Å²) in [7, 11) is 1.76. The highest BCUT2D eigenvalue weighted by atomic mass is 16.3. The number of hydrogen-bond acceptors (Lipinski definition) is 3. The van der Waals surface area contributed by atoms with Crippen molar-refractivity contribution in [1.29, 1.82) is 0 Å². The molecule has 0 aliphatic heterocycles. The molecular formula is C17H15N3O2. The molecule has 0 unspecified atom stereocenters. The van der Waals surface area contributed by atoms with Crippen molar-refractivity contribution in [3.05, 3.63) is 66.2 Å². The van der Waals surface area contributed by atoms with E-state index in [1.807, 2.05) is 30.3 Å². The molecule has 0 bridgehead atoms. The molecule has 3 aromatic rings. The molecule has 0 spiro atoms. The van der Waals surface area contributed by atoms with Crippen molar-refractivity contribution in [2.24, 2.45) is 7.05 Å². The number of amides is 1. The van der Waals surface area contributed by atoms with Gasteiger partial charge in [-0.05, 0) is 12.1 Å². The van der Waals surface area contributed by atoms with Crippen LogP contribution in [0.4, 0.5) is 5.82 Å². The van der Waals surface area contributed by atoms with Gasteiger partial charge in [-0.25, -0.2) is 0 Å². The Balaban J connectivity index is 1.86. The molecule has 2 N–H and O–H groups in total. The van der Waals surface area contributed by atoms with Gasteiger partial charge >= 0.3 is 0 Å². The zero-order valence-corrected chi connectivity index (χ0v) is 12.0. The number of hydrogen-bond donors (Lipinski definition) is 2. The number of aromatic nitrogens is 2. The van der Waals surface area contributed by atoms with Crippen molar-refractivity contribution in [3.63, 3.8) is 0 Å². The fraction of sp³-hybridized carbons (Fsp3) is 0.0588. The standard InChI is InChI=1S/C17H15N3O2/c1-20-16(11-14(19-20)12-7-3-2-4-8-12)18-17(22)13-9-5-6-10-15(13)21/h2-11,21H,1H3,(H,18,22). The van der Waals surface area contributed by atoms with E-state index >= 15 is 0 Å². The van der Waals surface area contributed by atoms with E-state index in [1.54, 1.807) is 36.0 Å². The van der Waals surface area contributed by atoms with E-state index in [2.05, 4.69) is 10.4 Å². The summed E-state index contributed by atoms with van der Waals surface area (Å²) in [5, 5.41) is 16.9. The molecule has 5 heteroatoms. The molecule has 5 nitrogen and oxygen atoms in total. The summed E-state index contributed by atoms with van der Waals surface area (Å²) in [6.07, 6.45) is 0. The third-order valence-electron chi connectivity index (χ3n) is 3.34. The third kappa shape index (κ3) is 2.69. The van der Waals surface area contributed by atoms with Gasteiger partial charge in [0.25, 0.3) is 5.91 Å². The molecule has 0 saturated heterocycles. The fourth-order valence-corrected chi connectivity index (χ4v) is 2.18. The first-order chi connectivity index (χ1) is 10.6. The molecule has 110 valence electrons. The molecule has 0 atom stereocenters. The van der Waals surface area contributed by atoms with Crippen molar-refractivity contribution in [1.82, 2.24) is 9.78 Å². The van der Waals surface area contributed by atoms with E-state index in [-0.39, 0.29) is 17.2 Å². The second-order valence-electron chi connectivity index (χ2n) is 4.88. The number of carbonyl (C=O) groups excluding carboxylic acids is 1. The minimum absolute atomic E-state index is 0.0505. The molecular weight excluding hydrogens is 278 g/mol. The lowest BCUT2D eigenvalue weighted by molar-refractivity contribution is 0.102. The van der Waals surface area contributed by atoms with Gasteiger partial charge in [-0.1, -0.05) is 42.5 Å². The SMILES string of the molecule is Cn1nc(-c2ccccc2)cc1NC(=O)c1ccccc1O. The van der Waals surface area contributed by atoms with Crippen LogP contribution in [-0.2, 0) is 7.05 Å². The summed E-state index contributed by atoms with van der Waals surface area (Å²) in [5.74, 6) is 0.137. The minimum Gasteiger partial charge on any atom is -0.507 e. The van der Waals surface area contributed by atoms with E-state index in [1.165, 1.54) is 6.07 Å². The highest BCUT2D eigenvalue weighted by molar-refractivity contribution is 6.05. The van der Waals surface area contributed by atoms with Crippen LogP contribution in [0.25, 0.3) is 11.3 Å². The predicted molar refractivity (Wildman–Crippen MR) is 84.7 cm³/mol. The summed E-state index contributed by atoms with van der Waals surface area (Å²) in [6.45, 7) is 0. The number of phenols is 1. The van der Waals surface area contributed by atoms with Gasteiger partial charge in [-0.3, -0.25) is 9.48 Å². The van der Waals surface area contributed by atoms with Crippen LogP contribution in [0.15, 0.2) is 60.7 Å². The second kappa shape index (κ2) is 5.73. The lowest BCUT2D eigenvalue weighted by atomic mass is 10.1. The summed E-state index contributed by atoms with van der Waals surface area (Å²) in [6, 6.07) is 17.9. The molecule has 3 rings (SSSR count). The maximum atomic E-state index is 12.2. The van der Waals surface area contributed by atoms with Gasteiger partial charge in [0.05, 0.1) is 11.3 Å². The zero-order chi connectivity index (χ0) is 15.5. The molecule has 22 heavy (non-hydrogen) atoms. The quantitative estimate of drug-likeness (QED) is 0.780. The van der Waals surface area contributed by atoms with E-state index < -0.39 is 0 Å². The average Bonchev–Trinajstić information content (AvgIpc) is 2.89. The van der Waals surface area contributed by atoms with Crippen LogP contribution in [0.1, 0.15) is 10.4 Å². The molecule has 0 radical (unpaired) electrons. The van der Waals surface area contributed by atoms with Crippen molar-refractivity contribution >= 4 is 11.7 Å². The van der Waals surface area contributed by atoms with Gasteiger partial charge < -0.3 is 10.4 Å². The Morgan fingerprint density at radius 2 is 1.77 bits per heavy atom. The van der Waals surface area contributed by atoms with Crippen LogP contribution >= 0.6 is 0 Å². The van der Waals surface area contributed by atoms with Crippen molar-refractivity contribution in [2.45, 2.75) is 0 Å². The van der Waals surface area contributed by atoms with Crippen LogP contribution in [0, 0.1) is 0 Å². The maximum Gasteiger partial charge on any atom is 0.260 e. The van der Waals surface area contributed by atoms with Crippen LogP contribution in [0.5, 0.6) is 5.75 Å². The predicted octanol–water partition coefficient (Wildman–Crippen LogP) is 3.05. The summed E-state index contributed by atoms with van der Waals surface area (Å²) >= 11 is 0.